The summed E-state index contributed by atoms with van der Waals surface area (Å²) in [4.78, 5) is 34.6. The summed E-state index contributed by atoms with van der Waals surface area (Å²) in [6.45, 7) is 0.0654. The van der Waals surface area contributed by atoms with E-state index in [1.165, 1.54) is 21.3 Å². The van der Waals surface area contributed by atoms with Crippen LogP contribution in [-0.4, -0.2) is 59.0 Å². The molecule has 2 N–H and O–H groups in total. The molecule has 3 amide bonds. The van der Waals surface area contributed by atoms with E-state index >= 15 is 0 Å². The molecule has 0 aliphatic heterocycles. The fourth-order valence-corrected chi connectivity index (χ4v) is 1.97. The Morgan fingerprint density at radius 2 is 1.77 bits per heavy atom. The molecule has 0 saturated heterocycles. The molecule has 0 spiro atoms. The fraction of sp³-hybridized carbons (Fsp3) is 0.471. The third-order valence-corrected chi connectivity index (χ3v) is 3.27. The van der Waals surface area contributed by atoms with Gasteiger partial charge in [-0.25, -0.2) is 4.79 Å². The first kappa shape index (κ1) is 21.2. The molecule has 0 aliphatic rings. The standard InChI is InChI=1S/C17H24N2O7/c1-23-9-8-18-17(22)19-15(20)11-26-16(21)7-5-12-4-6-13(24-2)14(10-12)25-3/h4,6,10H,5,7-9,11H2,1-3H3,(H2,18,19,20,22). The maximum Gasteiger partial charge on any atom is 0.321 e. The van der Waals surface area contributed by atoms with Crippen molar-refractivity contribution in [3.63, 3.8) is 0 Å². The molecule has 26 heavy (non-hydrogen) atoms. The largest absolute Gasteiger partial charge is 0.493 e. The van der Waals surface area contributed by atoms with Crippen LogP contribution in [0.25, 0.3) is 0 Å². The summed E-state index contributed by atoms with van der Waals surface area (Å²) in [6, 6.07) is 4.65. The van der Waals surface area contributed by atoms with Crippen LogP contribution in [0.2, 0.25) is 0 Å². The van der Waals surface area contributed by atoms with E-state index in [0.29, 0.717) is 24.5 Å². The minimum atomic E-state index is -0.709. The number of carbonyl (C=O) groups excluding carboxylic acids is 3. The van der Waals surface area contributed by atoms with Gasteiger partial charge in [0.1, 0.15) is 0 Å². The number of rotatable bonds is 10. The van der Waals surface area contributed by atoms with Crippen molar-refractivity contribution in [2.75, 3.05) is 41.1 Å². The molecule has 0 unspecified atom stereocenters. The third-order valence-electron chi connectivity index (χ3n) is 3.27. The lowest BCUT2D eigenvalue weighted by Gasteiger charge is -2.10. The van der Waals surface area contributed by atoms with Gasteiger partial charge in [-0.1, -0.05) is 6.07 Å². The van der Waals surface area contributed by atoms with Crippen molar-refractivity contribution in [2.45, 2.75) is 12.8 Å². The Morgan fingerprint density at radius 1 is 1.04 bits per heavy atom. The van der Waals surface area contributed by atoms with Gasteiger partial charge in [-0.15, -0.1) is 0 Å². The van der Waals surface area contributed by atoms with E-state index in [9.17, 15) is 14.4 Å². The topological polar surface area (TPSA) is 112 Å². The number of hydrogen-bond acceptors (Lipinski definition) is 7. The zero-order valence-corrected chi connectivity index (χ0v) is 15.1. The lowest BCUT2D eigenvalue weighted by atomic mass is 10.1. The van der Waals surface area contributed by atoms with Crippen LogP contribution in [0.4, 0.5) is 4.79 Å². The monoisotopic (exact) mass is 368 g/mol. The molecule has 9 nitrogen and oxygen atoms in total. The minimum Gasteiger partial charge on any atom is -0.493 e. The summed E-state index contributed by atoms with van der Waals surface area (Å²) >= 11 is 0. The molecule has 0 fully saturated rings. The van der Waals surface area contributed by atoms with Crippen LogP contribution in [0, 0.1) is 0 Å². The van der Waals surface area contributed by atoms with E-state index in [2.05, 4.69) is 5.32 Å². The molecule has 0 bridgehead atoms. The fourth-order valence-electron chi connectivity index (χ4n) is 1.97. The van der Waals surface area contributed by atoms with Crippen molar-refractivity contribution in [2.24, 2.45) is 0 Å². The smallest absolute Gasteiger partial charge is 0.321 e. The van der Waals surface area contributed by atoms with E-state index in [1.54, 1.807) is 12.1 Å². The summed E-state index contributed by atoms with van der Waals surface area (Å²) in [6.07, 6.45) is 0.501. The second-order valence-electron chi connectivity index (χ2n) is 5.15. The van der Waals surface area contributed by atoms with Crippen molar-refractivity contribution in [1.82, 2.24) is 10.6 Å². The van der Waals surface area contributed by atoms with Crippen LogP contribution in [0.3, 0.4) is 0 Å². The molecule has 0 saturated carbocycles. The van der Waals surface area contributed by atoms with Gasteiger partial charge in [0.15, 0.2) is 18.1 Å². The average Bonchev–Trinajstić information content (AvgIpc) is 2.64. The number of imide groups is 1. The SMILES string of the molecule is COCCNC(=O)NC(=O)COC(=O)CCc1ccc(OC)c(OC)c1. The van der Waals surface area contributed by atoms with Gasteiger partial charge in [0.05, 0.1) is 20.8 Å². The molecule has 0 radical (unpaired) electrons. The molecule has 1 aromatic rings. The van der Waals surface area contributed by atoms with Gasteiger partial charge in [0, 0.05) is 20.1 Å². The van der Waals surface area contributed by atoms with Gasteiger partial charge in [0.25, 0.3) is 5.91 Å². The van der Waals surface area contributed by atoms with Crippen molar-refractivity contribution < 1.29 is 33.3 Å². The zero-order chi connectivity index (χ0) is 19.4. The van der Waals surface area contributed by atoms with Gasteiger partial charge >= 0.3 is 12.0 Å². The van der Waals surface area contributed by atoms with Gasteiger partial charge in [-0.2, -0.15) is 0 Å². The Labute approximate surface area is 151 Å². The van der Waals surface area contributed by atoms with Crippen LogP contribution in [0.1, 0.15) is 12.0 Å². The average molecular weight is 368 g/mol. The lowest BCUT2D eigenvalue weighted by Crippen LogP contribution is -2.42. The molecule has 1 aromatic carbocycles. The number of methoxy groups -OCH3 is 3. The first-order valence-corrected chi connectivity index (χ1v) is 7.93. The van der Waals surface area contributed by atoms with Crippen LogP contribution >= 0.6 is 0 Å². The van der Waals surface area contributed by atoms with E-state index in [0.717, 1.165) is 5.56 Å². The van der Waals surface area contributed by atoms with E-state index in [-0.39, 0.29) is 13.0 Å². The highest BCUT2D eigenvalue weighted by molar-refractivity contribution is 5.95. The highest BCUT2D eigenvalue weighted by Gasteiger charge is 2.11. The number of esters is 1. The van der Waals surface area contributed by atoms with Crippen LogP contribution in [0.15, 0.2) is 18.2 Å². The van der Waals surface area contributed by atoms with Crippen molar-refractivity contribution >= 4 is 17.9 Å². The van der Waals surface area contributed by atoms with Crippen LogP contribution in [-0.2, 0) is 25.5 Å². The normalized spacial score (nSPS) is 9.96. The number of urea groups is 1. The Morgan fingerprint density at radius 3 is 2.42 bits per heavy atom. The van der Waals surface area contributed by atoms with Crippen molar-refractivity contribution in [3.05, 3.63) is 23.8 Å². The quantitative estimate of drug-likeness (QED) is 0.461. The second kappa shape index (κ2) is 11.7. The van der Waals surface area contributed by atoms with Gasteiger partial charge < -0.3 is 24.3 Å². The Balaban J connectivity index is 2.32. The van der Waals surface area contributed by atoms with Crippen molar-refractivity contribution in [1.29, 1.82) is 0 Å². The Bertz CT molecular complexity index is 619. The number of amides is 3. The number of carbonyl (C=O) groups is 3. The molecule has 0 heterocycles. The number of benzene rings is 1. The van der Waals surface area contributed by atoms with Crippen LogP contribution in [0.5, 0.6) is 11.5 Å². The summed E-state index contributed by atoms with van der Waals surface area (Å²) in [5.74, 6) is -0.0920. The third kappa shape index (κ3) is 7.84. The molecular weight excluding hydrogens is 344 g/mol. The molecule has 0 atom stereocenters. The van der Waals surface area contributed by atoms with E-state index < -0.39 is 24.5 Å². The second-order valence-corrected chi connectivity index (χ2v) is 5.15. The van der Waals surface area contributed by atoms with Gasteiger partial charge in [0.2, 0.25) is 0 Å². The van der Waals surface area contributed by atoms with E-state index in [1.807, 2.05) is 11.4 Å². The first-order chi connectivity index (χ1) is 12.5. The number of hydrogen-bond donors (Lipinski definition) is 2. The highest BCUT2D eigenvalue weighted by Crippen LogP contribution is 2.27. The number of nitrogens with one attached hydrogen (secondary N) is 2. The molecular formula is C17H24N2O7. The summed E-state index contributed by atoms with van der Waals surface area (Å²) in [5.41, 5.74) is 0.863. The molecule has 9 heteroatoms. The van der Waals surface area contributed by atoms with Gasteiger partial charge in [-0.05, 0) is 24.1 Å². The highest BCUT2D eigenvalue weighted by atomic mass is 16.5. The maximum absolute atomic E-state index is 11.7. The van der Waals surface area contributed by atoms with Crippen LogP contribution < -0.4 is 20.1 Å². The first-order valence-electron chi connectivity index (χ1n) is 7.93. The molecule has 0 aromatic heterocycles. The maximum atomic E-state index is 11.7. The Kier molecular flexibility index (Phi) is 9.55. The zero-order valence-electron chi connectivity index (χ0n) is 15.1. The summed E-state index contributed by atoms with van der Waals surface area (Å²) < 4.78 is 19.9. The summed E-state index contributed by atoms with van der Waals surface area (Å²) in [7, 11) is 4.56. The Hall–Kier alpha value is -2.81. The molecule has 1 rings (SSSR count). The van der Waals surface area contributed by atoms with E-state index in [4.69, 9.17) is 18.9 Å². The minimum absolute atomic E-state index is 0.0861. The molecule has 144 valence electrons. The summed E-state index contributed by atoms with van der Waals surface area (Å²) in [5, 5.41) is 4.45. The predicted octanol–water partition coefficient (Wildman–Crippen LogP) is 0.652. The molecule has 0 aliphatic carbocycles. The number of aryl methyl sites for hydroxylation is 1. The van der Waals surface area contributed by atoms with Gasteiger partial charge in [-0.3, -0.25) is 14.9 Å². The number of ether oxygens (including phenoxy) is 4. The van der Waals surface area contributed by atoms with Crippen molar-refractivity contribution in [3.8, 4) is 11.5 Å². The predicted molar refractivity (Wildman–Crippen MR) is 92.2 cm³/mol. The lowest BCUT2D eigenvalue weighted by molar-refractivity contribution is -0.148.